The minimum Gasteiger partial charge on any atom is -0.348 e. The van der Waals surface area contributed by atoms with E-state index in [4.69, 9.17) is 0 Å². The van der Waals surface area contributed by atoms with Crippen LogP contribution in [0.25, 0.3) is 0 Å². The number of nitrogens with zero attached hydrogens (tertiary/aromatic N) is 4. The Morgan fingerprint density at radius 1 is 1.32 bits per heavy atom. The molecule has 0 aliphatic carbocycles. The number of aromatic nitrogens is 4. The van der Waals surface area contributed by atoms with Crippen molar-refractivity contribution in [3.05, 3.63) is 42.0 Å². The Hall–Kier alpha value is -2.31. The van der Waals surface area contributed by atoms with Crippen molar-refractivity contribution in [2.24, 2.45) is 5.41 Å². The van der Waals surface area contributed by atoms with Crippen LogP contribution in [0, 0.1) is 11.2 Å². The summed E-state index contributed by atoms with van der Waals surface area (Å²) in [5.41, 5.74) is 0.891. The number of halogens is 1. The van der Waals surface area contributed by atoms with Gasteiger partial charge in [0.1, 0.15) is 18.7 Å². The number of nitrogens with one attached hydrogen (secondary N) is 1. The SMILES string of the molecule is CC(C)(C)CC(NC(=O)Cn1cnnn1)c1ccc(F)cc1. The number of hydrogen-bond acceptors (Lipinski definition) is 4. The third-order valence-corrected chi connectivity index (χ3v) is 3.12. The van der Waals surface area contributed by atoms with Crippen LogP contribution in [0.1, 0.15) is 38.8 Å². The molecule has 0 bridgehead atoms. The fourth-order valence-electron chi connectivity index (χ4n) is 2.20. The minimum atomic E-state index is -0.293. The smallest absolute Gasteiger partial charge is 0.242 e. The average molecular weight is 305 g/mol. The summed E-state index contributed by atoms with van der Waals surface area (Å²) in [6.45, 7) is 6.33. The highest BCUT2D eigenvalue weighted by Gasteiger charge is 2.22. The number of carbonyl (C=O) groups excluding carboxylic acids is 1. The Balaban J connectivity index is 2.10. The van der Waals surface area contributed by atoms with E-state index >= 15 is 0 Å². The average Bonchev–Trinajstić information content (AvgIpc) is 2.90. The topological polar surface area (TPSA) is 72.7 Å². The molecular formula is C15H20FN5O. The molecule has 1 heterocycles. The normalized spacial score (nSPS) is 12.9. The van der Waals surface area contributed by atoms with Gasteiger partial charge >= 0.3 is 0 Å². The zero-order chi connectivity index (χ0) is 16.2. The van der Waals surface area contributed by atoms with Gasteiger partial charge in [0.25, 0.3) is 0 Å². The Bertz CT molecular complexity index is 604. The standard InChI is InChI=1S/C15H20FN5O/c1-15(2,3)8-13(11-4-6-12(16)7-5-11)18-14(22)9-21-10-17-19-20-21/h4-7,10,13H,8-9H2,1-3H3,(H,18,22). The van der Waals surface area contributed by atoms with Gasteiger partial charge in [-0.3, -0.25) is 4.79 Å². The van der Waals surface area contributed by atoms with E-state index in [0.29, 0.717) is 0 Å². The number of carbonyl (C=O) groups is 1. The van der Waals surface area contributed by atoms with Crippen LogP contribution in [0.2, 0.25) is 0 Å². The van der Waals surface area contributed by atoms with Gasteiger partial charge in [-0.25, -0.2) is 9.07 Å². The summed E-state index contributed by atoms with van der Waals surface area (Å²) >= 11 is 0. The molecule has 118 valence electrons. The van der Waals surface area contributed by atoms with Crippen molar-refractivity contribution < 1.29 is 9.18 Å². The van der Waals surface area contributed by atoms with Crippen LogP contribution in [0.3, 0.4) is 0 Å². The highest BCUT2D eigenvalue weighted by atomic mass is 19.1. The first-order valence-electron chi connectivity index (χ1n) is 7.09. The van der Waals surface area contributed by atoms with Gasteiger partial charge in [0, 0.05) is 0 Å². The first-order valence-corrected chi connectivity index (χ1v) is 7.09. The highest BCUT2D eigenvalue weighted by molar-refractivity contribution is 5.76. The highest BCUT2D eigenvalue weighted by Crippen LogP contribution is 2.29. The molecule has 0 spiro atoms. The van der Waals surface area contributed by atoms with Crippen LogP contribution in [-0.2, 0) is 11.3 Å². The van der Waals surface area contributed by atoms with Gasteiger partial charge in [-0.1, -0.05) is 32.9 Å². The zero-order valence-electron chi connectivity index (χ0n) is 13.0. The molecule has 2 aromatic rings. The summed E-state index contributed by atoms with van der Waals surface area (Å²) in [6.07, 6.45) is 2.12. The molecule has 1 unspecified atom stereocenters. The third-order valence-electron chi connectivity index (χ3n) is 3.12. The summed E-state index contributed by atoms with van der Waals surface area (Å²) in [4.78, 5) is 12.1. The molecule has 0 aliphatic heterocycles. The summed E-state index contributed by atoms with van der Waals surface area (Å²) in [5.74, 6) is -0.482. The molecule has 0 saturated carbocycles. The molecule has 22 heavy (non-hydrogen) atoms. The lowest BCUT2D eigenvalue weighted by atomic mass is 9.85. The van der Waals surface area contributed by atoms with Crippen LogP contribution in [0.15, 0.2) is 30.6 Å². The summed E-state index contributed by atoms with van der Waals surface area (Å²) in [6, 6.07) is 6.01. The third kappa shape index (κ3) is 4.91. The molecule has 2 rings (SSSR count). The van der Waals surface area contributed by atoms with E-state index in [1.165, 1.54) is 23.1 Å². The summed E-state index contributed by atoms with van der Waals surface area (Å²) < 4.78 is 14.4. The van der Waals surface area contributed by atoms with E-state index in [0.717, 1.165) is 12.0 Å². The molecule has 1 atom stereocenters. The molecule has 0 fully saturated rings. The van der Waals surface area contributed by atoms with Gasteiger partial charge in [-0.15, -0.1) is 5.10 Å². The molecule has 0 radical (unpaired) electrons. The maximum Gasteiger partial charge on any atom is 0.242 e. The second-order valence-corrected chi connectivity index (χ2v) is 6.44. The van der Waals surface area contributed by atoms with Crippen molar-refractivity contribution in [1.29, 1.82) is 0 Å². The van der Waals surface area contributed by atoms with Gasteiger partial charge in [0.2, 0.25) is 5.91 Å². The van der Waals surface area contributed by atoms with E-state index in [-0.39, 0.29) is 29.7 Å². The van der Waals surface area contributed by atoms with E-state index in [1.54, 1.807) is 12.1 Å². The van der Waals surface area contributed by atoms with E-state index in [9.17, 15) is 9.18 Å². The predicted molar refractivity (Wildman–Crippen MR) is 79.2 cm³/mol. The lowest BCUT2D eigenvalue weighted by molar-refractivity contribution is -0.122. The lowest BCUT2D eigenvalue weighted by Crippen LogP contribution is -2.33. The molecule has 1 N–H and O–H groups in total. The molecule has 1 aromatic carbocycles. The molecule has 6 nitrogen and oxygen atoms in total. The maximum atomic E-state index is 13.1. The van der Waals surface area contributed by atoms with Crippen molar-refractivity contribution in [2.45, 2.75) is 39.8 Å². The van der Waals surface area contributed by atoms with E-state index in [1.807, 2.05) is 0 Å². The number of rotatable bonds is 5. The fraction of sp³-hybridized carbons (Fsp3) is 0.467. The number of amides is 1. The van der Waals surface area contributed by atoms with Crippen LogP contribution >= 0.6 is 0 Å². The molecule has 0 saturated heterocycles. The van der Waals surface area contributed by atoms with Crippen molar-refractivity contribution >= 4 is 5.91 Å². The Morgan fingerprint density at radius 2 is 2.00 bits per heavy atom. The van der Waals surface area contributed by atoms with Crippen molar-refractivity contribution in [2.75, 3.05) is 0 Å². The second kappa shape index (κ2) is 6.64. The van der Waals surface area contributed by atoms with Crippen LogP contribution in [-0.4, -0.2) is 26.1 Å². The molecule has 7 heteroatoms. The molecular weight excluding hydrogens is 285 g/mol. The van der Waals surface area contributed by atoms with E-state index < -0.39 is 0 Å². The Labute approximate surface area is 128 Å². The van der Waals surface area contributed by atoms with Gasteiger partial charge in [0.05, 0.1) is 6.04 Å². The van der Waals surface area contributed by atoms with Crippen molar-refractivity contribution in [1.82, 2.24) is 25.5 Å². The number of tetrazole rings is 1. The molecule has 0 aliphatic rings. The summed E-state index contributed by atoms with van der Waals surface area (Å²) in [7, 11) is 0. The molecule has 1 amide bonds. The van der Waals surface area contributed by atoms with Gasteiger partial charge in [-0.2, -0.15) is 0 Å². The largest absolute Gasteiger partial charge is 0.348 e. The second-order valence-electron chi connectivity index (χ2n) is 6.44. The Kier molecular flexibility index (Phi) is 4.85. The molecule has 1 aromatic heterocycles. The maximum absolute atomic E-state index is 13.1. The number of hydrogen-bond donors (Lipinski definition) is 1. The minimum absolute atomic E-state index is 0.0150. The predicted octanol–water partition coefficient (Wildman–Crippen LogP) is 2.11. The van der Waals surface area contributed by atoms with Crippen LogP contribution in [0.4, 0.5) is 4.39 Å². The quantitative estimate of drug-likeness (QED) is 0.918. The van der Waals surface area contributed by atoms with E-state index in [2.05, 4.69) is 41.6 Å². The lowest BCUT2D eigenvalue weighted by Gasteiger charge is -2.27. The van der Waals surface area contributed by atoms with Crippen molar-refractivity contribution in [3.8, 4) is 0 Å². The Morgan fingerprint density at radius 3 is 2.55 bits per heavy atom. The first kappa shape index (κ1) is 16.1. The van der Waals surface area contributed by atoms with Crippen LogP contribution < -0.4 is 5.32 Å². The number of benzene rings is 1. The summed E-state index contributed by atoms with van der Waals surface area (Å²) in [5, 5.41) is 13.6. The zero-order valence-corrected chi connectivity index (χ0v) is 13.0. The fourth-order valence-corrected chi connectivity index (χ4v) is 2.20. The van der Waals surface area contributed by atoms with Gasteiger partial charge < -0.3 is 5.32 Å². The van der Waals surface area contributed by atoms with Crippen LogP contribution in [0.5, 0.6) is 0 Å². The van der Waals surface area contributed by atoms with Gasteiger partial charge in [0.15, 0.2) is 0 Å². The van der Waals surface area contributed by atoms with Gasteiger partial charge in [-0.05, 0) is 40.0 Å². The van der Waals surface area contributed by atoms with Crippen molar-refractivity contribution in [3.63, 3.8) is 0 Å². The first-order chi connectivity index (χ1) is 10.3. The monoisotopic (exact) mass is 305 g/mol.